The molecule has 0 spiro atoms. The normalized spacial score (nSPS) is 11.3. The third kappa shape index (κ3) is 1.62. The Hall–Kier alpha value is -1.78. The van der Waals surface area contributed by atoms with Crippen LogP contribution in [0.3, 0.4) is 0 Å². The van der Waals surface area contributed by atoms with Crippen molar-refractivity contribution < 1.29 is 14.5 Å². The van der Waals surface area contributed by atoms with Crippen molar-refractivity contribution in [2.45, 2.75) is 13.8 Å². The molecule has 0 aliphatic rings. The van der Waals surface area contributed by atoms with Crippen LogP contribution in [0.2, 0.25) is 0 Å². The van der Waals surface area contributed by atoms with Gasteiger partial charge in [0, 0.05) is 16.2 Å². The molecule has 0 aliphatic heterocycles. The second kappa shape index (κ2) is 3.87. The molecule has 0 fully saturated rings. The van der Waals surface area contributed by atoms with Gasteiger partial charge < -0.3 is 14.5 Å². The first kappa shape index (κ1) is 11.3. The van der Waals surface area contributed by atoms with Gasteiger partial charge in [0.1, 0.15) is 11.2 Å². The molecule has 0 aliphatic carbocycles. The van der Waals surface area contributed by atoms with Crippen molar-refractivity contribution in [1.29, 1.82) is 0 Å². The Morgan fingerprint density at radius 3 is 2.44 bits per heavy atom. The number of aryl methyl sites for hydroxylation is 2. The lowest BCUT2D eigenvalue weighted by molar-refractivity contribution is 0.425. The molecular weight excluding hydrogens is 227 g/mol. The van der Waals surface area contributed by atoms with Gasteiger partial charge >= 0.3 is 7.12 Å². The summed E-state index contributed by atoms with van der Waals surface area (Å²) in [6.45, 7) is 3.93. The van der Waals surface area contributed by atoms with E-state index >= 15 is 0 Å². The van der Waals surface area contributed by atoms with Crippen molar-refractivity contribution in [2.75, 3.05) is 0 Å². The summed E-state index contributed by atoms with van der Waals surface area (Å²) in [4.78, 5) is 0. The SMILES string of the molecule is Cc1ccc2c(c1)oc1c(B(O)O)cc(C)cc12. The Kier molecular flexibility index (Phi) is 2.43. The summed E-state index contributed by atoms with van der Waals surface area (Å²) in [6, 6.07) is 9.72. The van der Waals surface area contributed by atoms with E-state index in [1.54, 1.807) is 6.07 Å². The van der Waals surface area contributed by atoms with Crippen LogP contribution in [0.4, 0.5) is 0 Å². The van der Waals surface area contributed by atoms with E-state index in [2.05, 4.69) is 0 Å². The molecule has 4 heteroatoms. The highest BCUT2D eigenvalue weighted by Crippen LogP contribution is 2.29. The number of hydrogen-bond acceptors (Lipinski definition) is 3. The standard InChI is InChI=1S/C14H13BO3/c1-8-3-4-10-11-5-9(2)6-12(15(16)17)14(11)18-13(10)7-8/h3-7,16-17H,1-2H3. The van der Waals surface area contributed by atoms with Crippen LogP contribution < -0.4 is 5.46 Å². The minimum absolute atomic E-state index is 0.416. The topological polar surface area (TPSA) is 53.6 Å². The molecule has 2 aromatic carbocycles. The minimum Gasteiger partial charge on any atom is -0.456 e. The lowest BCUT2D eigenvalue weighted by Gasteiger charge is -2.02. The zero-order valence-electron chi connectivity index (χ0n) is 10.3. The molecule has 90 valence electrons. The molecule has 1 aromatic heterocycles. The van der Waals surface area contributed by atoms with Crippen LogP contribution >= 0.6 is 0 Å². The van der Waals surface area contributed by atoms with Gasteiger partial charge in [-0.1, -0.05) is 23.8 Å². The fourth-order valence-corrected chi connectivity index (χ4v) is 2.35. The van der Waals surface area contributed by atoms with Crippen LogP contribution in [0.1, 0.15) is 11.1 Å². The molecular formula is C14H13BO3. The average molecular weight is 240 g/mol. The zero-order chi connectivity index (χ0) is 12.9. The molecule has 0 unspecified atom stereocenters. The lowest BCUT2D eigenvalue weighted by Crippen LogP contribution is -2.30. The first-order valence-corrected chi connectivity index (χ1v) is 5.86. The smallest absolute Gasteiger partial charge is 0.456 e. The highest BCUT2D eigenvalue weighted by atomic mass is 16.4. The Labute approximate surface area is 105 Å². The summed E-state index contributed by atoms with van der Waals surface area (Å²) in [5.74, 6) is 0. The fraction of sp³-hybridized carbons (Fsp3) is 0.143. The average Bonchev–Trinajstić information content (AvgIpc) is 2.65. The second-order valence-electron chi connectivity index (χ2n) is 4.71. The van der Waals surface area contributed by atoms with Crippen molar-refractivity contribution >= 4 is 34.5 Å². The Balaban J connectivity index is 2.49. The number of fused-ring (bicyclic) bond motifs is 3. The third-order valence-corrected chi connectivity index (χ3v) is 3.18. The lowest BCUT2D eigenvalue weighted by atomic mass is 9.78. The Morgan fingerprint density at radius 1 is 0.944 bits per heavy atom. The van der Waals surface area contributed by atoms with Gasteiger partial charge in [-0.3, -0.25) is 0 Å². The van der Waals surface area contributed by atoms with E-state index in [9.17, 15) is 10.0 Å². The molecule has 0 bridgehead atoms. The van der Waals surface area contributed by atoms with E-state index in [0.29, 0.717) is 11.0 Å². The van der Waals surface area contributed by atoms with E-state index in [4.69, 9.17) is 4.42 Å². The van der Waals surface area contributed by atoms with Gasteiger partial charge in [-0.25, -0.2) is 0 Å². The van der Waals surface area contributed by atoms with Gasteiger partial charge in [0.2, 0.25) is 0 Å². The maximum atomic E-state index is 9.42. The minimum atomic E-state index is -1.52. The van der Waals surface area contributed by atoms with E-state index in [0.717, 1.165) is 27.5 Å². The predicted molar refractivity (Wildman–Crippen MR) is 73.0 cm³/mol. The number of furan rings is 1. The highest BCUT2D eigenvalue weighted by Gasteiger charge is 2.19. The molecule has 0 radical (unpaired) electrons. The molecule has 3 aromatic rings. The van der Waals surface area contributed by atoms with Gasteiger partial charge in [0.05, 0.1) is 0 Å². The van der Waals surface area contributed by atoms with Crippen LogP contribution in [0.5, 0.6) is 0 Å². The molecule has 3 rings (SSSR count). The molecule has 2 N–H and O–H groups in total. The number of rotatable bonds is 1. The monoisotopic (exact) mass is 240 g/mol. The first-order chi connectivity index (χ1) is 8.56. The van der Waals surface area contributed by atoms with E-state index in [1.165, 1.54) is 0 Å². The second-order valence-corrected chi connectivity index (χ2v) is 4.71. The summed E-state index contributed by atoms with van der Waals surface area (Å²) in [5, 5.41) is 20.8. The molecule has 18 heavy (non-hydrogen) atoms. The number of benzene rings is 2. The fourth-order valence-electron chi connectivity index (χ4n) is 2.35. The van der Waals surface area contributed by atoms with Crippen LogP contribution in [0.25, 0.3) is 21.9 Å². The van der Waals surface area contributed by atoms with Crippen LogP contribution in [-0.2, 0) is 0 Å². The van der Waals surface area contributed by atoms with Gasteiger partial charge in [0.15, 0.2) is 0 Å². The van der Waals surface area contributed by atoms with Crippen LogP contribution in [0.15, 0.2) is 34.7 Å². The van der Waals surface area contributed by atoms with Crippen molar-refractivity contribution in [3.05, 3.63) is 41.5 Å². The summed E-state index contributed by atoms with van der Waals surface area (Å²) in [5.41, 5.74) is 3.84. The summed E-state index contributed by atoms with van der Waals surface area (Å²) in [6.07, 6.45) is 0. The van der Waals surface area contributed by atoms with E-state index < -0.39 is 7.12 Å². The summed E-state index contributed by atoms with van der Waals surface area (Å²) in [7, 11) is -1.52. The predicted octanol–water partition coefficient (Wildman–Crippen LogP) is 1.88. The Bertz CT molecular complexity index is 743. The summed E-state index contributed by atoms with van der Waals surface area (Å²) < 4.78 is 5.76. The molecule has 1 heterocycles. The van der Waals surface area contributed by atoms with Crippen molar-refractivity contribution in [3.8, 4) is 0 Å². The van der Waals surface area contributed by atoms with Crippen LogP contribution in [-0.4, -0.2) is 17.2 Å². The first-order valence-electron chi connectivity index (χ1n) is 5.86. The molecule has 0 saturated carbocycles. The maximum absolute atomic E-state index is 9.42. The zero-order valence-corrected chi connectivity index (χ0v) is 10.3. The van der Waals surface area contributed by atoms with Gasteiger partial charge in [-0.2, -0.15) is 0 Å². The van der Waals surface area contributed by atoms with Crippen molar-refractivity contribution in [1.82, 2.24) is 0 Å². The summed E-state index contributed by atoms with van der Waals surface area (Å²) >= 11 is 0. The van der Waals surface area contributed by atoms with Crippen molar-refractivity contribution in [3.63, 3.8) is 0 Å². The van der Waals surface area contributed by atoms with E-state index in [-0.39, 0.29) is 0 Å². The van der Waals surface area contributed by atoms with Gasteiger partial charge in [0.25, 0.3) is 0 Å². The third-order valence-electron chi connectivity index (χ3n) is 3.18. The van der Waals surface area contributed by atoms with Gasteiger partial charge in [-0.05, 0) is 31.5 Å². The highest BCUT2D eigenvalue weighted by molar-refractivity contribution is 6.61. The molecule has 0 saturated heterocycles. The molecule has 0 amide bonds. The largest absolute Gasteiger partial charge is 0.492 e. The Morgan fingerprint density at radius 2 is 1.72 bits per heavy atom. The molecule has 3 nitrogen and oxygen atoms in total. The van der Waals surface area contributed by atoms with Crippen molar-refractivity contribution in [2.24, 2.45) is 0 Å². The van der Waals surface area contributed by atoms with E-state index in [1.807, 2.05) is 38.1 Å². The molecule has 0 atom stereocenters. The number of hydrogen-bond donors (Lipinski definition) is 2. The van der Waals surface area contributed by atoms with Crippen LogP contribution in [0, 0.1) is 13.8 Å². The maximum Gasteiger partial charge on any atom is 0.492 e. The van der Waals surface area contributed by atoms with Gasteiger partial charge in [-0.15, -0.1) is 0 Å². The quantitative estimate of drug-likeness (QED) is 0.638.